The van der Waals surface area contributed by atoms with Gasteiger partial charge in [0.2, 0.25) is 5.91 Å². The smallest absolute Gasteiger partial charge is 0.324 e. The van der Waals surface area contributed by atoms with E-state index in [1.54, 1.807) is 11.8 Å². The third-order valence-electron chi connectivity index (χ3n) is 2.09. The number of amides is 3. The van der Waals surface area contributed by atoms with Crippen molar-refractivity contribution < 1.29 is 14.7 Å². The van der Waals surface area contributed by atoms with Crippen molar-refractivity contribution in [1.82, 2.24) is 15.1 Å². The van der Waals surface area contributed by atoms with Crippen LogP contribution in [0.1, 0.15) is 6.92 Å². The molecule has 0 spiro atoms. The molecule has 0 aromatic heterocycles. The quantitative estimate of drug-likeness (QED) is 0.581. The maximum absolute atomic E-state index is 11.3. The number of imide groups is 1. The molecule has 2 N–H and O–H groups in total. The van der Waals surface area contributed by atoms with E-state index in [2.05, 4.69) is 5.32 Å². The average molecular weight is 215 g/mol. The summed E-state index contributed by atoms with van der Waals surface area (Å²) in [5, 5.41) is 12.4. The molecule has 1 aliphatic rings. The Kier molecular flexibility index (Phi) is 3.31. The van der Waals surface area contributed by atoms with Crippen molar-refractivity contribution in [3.8, 4) is 0 Å². The van der Waals surface area contributed by atoms with E-state index in [0.29, 0.717) is 6.54 Å². The zero-order valence-corrected chi connectivity index (χ0v) is 9.28. The molecule has 0 aromatic carbocycles. The highest BCUT2D eigenvalue weighted by atomic mass is 16.3. The van der Waals surface area contributed by atoms with Crippen LogP contribution < -0.4 is 5.32 Å². The Morgan fingerprint density at radius 3 is 2.53 bits per heavy atom. The monoisotopic (exact) mass is 215 g/mol. The molecule has 0 saturated carbocycles. The first-order valence-electron chi connectivity index (χ1n) is 4.77. The first kappa shape index (κ1) is 11.9. The first-order chi connectivity index (χ1) is 6.82. The summed E-state index contributed by atoms with van der Waals surface area (Å²) in [6, 6.07) is -0.431. The highest BCUT2D eigenvalue weighted by Gasteiger charge is 2.34. The number of nitrogens with zero attached hydrogens (tertiary/aromatic N) is 2. The lowest BCUT2D eigenvalue weighted by Crippen LogP contribution is -2.49. The number of likely N-dealkylation sites (N-methyl/N-ethyl adjacent to an activating group) is 1. The van der Waals surface area contributed by atoms with Gasteiger partial charge >= 0.3 is 6.03 Å². The van der Waals surface area contributed by atoms with Crippen LogP contribution in [0.5, 0.6) is 0 Å². The second kappa shape index (κ2) is 4.16. The fourth-order valence-electron chi connectivity index (χ4n) is 1.69. The molecule has 6 nitrogen and oxygen atoms in total. The number of hydrogen-bond acceptors (Lipinski definition) is 4. The number of hydrogen-bond donors (Lipinski definition) is 2. The summed E-state index contributed by atoms with van der Waals surface area (Å²) in [7, 11) is 3.64. The average Bonchev–Trinajstić information content (AvgIpc) is 2.33. The number of aliphatic hydroxyl groups is 1. The Morgan fingerprint density at radius 1 is 1.53 bits per heavy atom. The van der Waals surface area contributed by atoms with E-state index in [0.717, 1.165) is 4.90 Å². The van der Waals surface area contributed by atoms with Crippen LogP contribution in [0.15, 0.2) is 0 Å². The van der Waals surface area contributed by atoms with Crippen LogP contribution in [0, 0.1) is 0 Å². The van der Waals surface area contributed by atoms with Crippen LogP contribution in [0.25, 0.3) is 0 Å². The lowest BCUT2D eigenvalue weighted by molar-refractivity contribution is -0.127. The van der Waals surface area contributed by atoms with Gasteiger partial charge in [-0.1, -0.05) is 0 Å². The Morgan fingerprint density at radius 2 is 2.13 bits per heavy atom. The predicted octanol–water partition coefficient (Wildman–Crippen LogP) is -1.15. The molecule has 1 atom stereocenters. The van der Waals surface area contributed by atoms with E-state index in [1.165, 1.54) is 0 Å². The van der Waals surface area contributed by atoms with E-state index in [-0.39, 0.29) is 19.0 Å². The lowest BCUT2D eigenvalue weighted by atomic mass is 10.1. The molecule has 1 heterocycles. The van der Waals surface area contributed by atoms with Gasteiger partial charge in [-0.2, -0.15) is 0 Å². The van der Waals surface area contributed by atoms with Crippen molar-refractivity contribution in [1.29, 1.82) is 0 Å². The van der Waals surface area contributed by atoms with Gasteiger partial charge in [0.1, 0.15) is 0 Å². The molecule has 86 valence electrons. The number of β-amino-alcohol motifs (C(OH)–C–C–N with tert-alkyl or cyclic N) is 1. The largest absolute Gasteiger partial charge is 0.387 e. The van der Waals surface area contributed by atoms with Gasteiger partial charge in [-0.3, -0.25) is 9.69 Å². The third kappa shape index (κ3) is 3.17. The fourth-order valence-corrected chi connectivity index (χ4v) is 1.69. The number of carbonyl (C=O) groups excluding carboxylic acids is 2. The van der Waals surface area contributed by atoms with Gasteiger partial charge in [-0.25, -0.2) is 4.79 Å². The van der Waals surface area contributed by atoms with Crippen LogP contribution in [0.2, 0.25) is 0 Å². The molecular weight excluding hydrogens is 198 g/mol. The third-order valence-corrected chi connectivity index (χ3v) is 2.09. The normalized spacial score (nSPS) is 20.7. The Bertz CT molecular complexity index is 260. The minimum absolute atomic E-state index is 0.0237. The molecule has 1 saturated heterocycles. The summed E-state index contributed by atoms with van der Waals surface area (Å²) in [6.07, 6.45) is 0. The van der Waals surface area contributed by atoms with E-state index >= 15 is 0 Å². The molecule has 6 heteroatoms. The SMILES string of the molecule is CN(C)CC(C)(O)CN1C(=O)CNC1=O. The summed E-state index contributed by atoms with van der Waals surface area (Å²) in [5.74, 6) is -0.293. The van der Waals surface area contributed by atoms with Crippen molar-refractivity contribution in [2.24, 2.45) is 0 Å². The molecular formula is C9H17N3O3. The van der Waals surface area contributed by atoms with E-state index in [9.17, 15) is 14.7 Å². The number of carbonyl (C=O) groups is 2. The van der Waals surface area contributed by atoms with Gasteiger partial charge in [0, 0.05) is 6.54 Å². The maximum atomic E-state index is 11.3. The summed E-state index contributed by atoms with van der Waals surface area (Å²) in [6.45, 7) is 2.04. The van der Waals surface area contributed by atoms with Gasteiger partial charge in [0.25, 0.3) is 0 Å². The Labute approximate surface area is 88.8 Å². The molecule has 0 aromatic rings. The lowest BCUT2D eigenvalue weighted by Gasteiger charge is -2.29. The highest BCUT2D eigenvalue weighted by molar-refractivity contribution is 6.02. The van der Waals surface area contributed by atoms with Gasteiger partial charge in [-0.05, 0) is 21.0 Å². The second-order valence-corrected chi connectivity index (χ2v) is 4.37. The van der Waals surface area contributed by atoms with Gasteiger partial charge in [-0.15, -0.1) is 0 Å². The summed E-state index contributed by atoms with van der Waals surface area (Å²) in [5.41, 5.74) is -1.08. The highest BCUT2D eigenvalue weighted by Crippen LogP contribution is 2.10. The molecule has 1 aliphatic heterocycles. The zero-order valence-electron chi connectivity index (χ0n) is 9.28. The molecule has 1 rings (SSSR count). The van der Waals surface area contributed by atoms with Crippen molar-refractivity contribution in [3.63, 3.8) is 0 Å². The summed E-state index contributed by atoms with van der Waals surface area (Å²) < 4.78 is 0. The minimum Gasteiger partial charge on any atom is -0.387 e. The van der Waals surface area contributed by atoms with Crippen molar-refractivity contribution >= 4 is 11.9 Å². The van der Waals surface area contributed by atoms with Crippen LogP contribution >= 0.6 is 0 Å². The van der Waals surface area contributed by atoms with Crippen molar-refractivity contribution in [3.05, 3.63) is 0 Å². The van der Waals surface area contributed by atoms with Crippen molar-refractivity contribution in [2.75, 3.05) is 33.7 Å². The maximum Gasteiger partial charge on any atom is 0.324 e. The van der Waals surface area contributed by atoms with Gasteiger partial charge in [0.15, 0.2) is 0 Å². The molecule has 0 aliphatic carbocycles. The number of rotatable bonds is 4. The molecule has 15 heavy (non-hydrogen) atoms. The van der Waals surface area contributed by atoms with E-state index in [4.69, 9.17) is 0 Å². The predicted molar refractivity (Wildman–Crippen MR) is 54.3 cm³/mol. The van der Waals surface area contributed by atoms with Crippen molar-refractivity contribution in [2.45, 2.75) is 12.5 Å². The standard InChI is InChI=1S/C9H17N3O3/c1-9(15,5-11(2)3)6-12-7(13)4-10-8(12)14/h15H,4-6H2,1-3H3,(H,10,14). The number of nitrogens with one attached hydrogen (secondary N) is 1. The minimum atomic E-state index is -1.08. The summed E-state index contributed by atoms with van der Waals surface area (Å²) >= 11 is 0. The van der Waals surface area contributed by atoms with E-state index in [1.807, 2.05) is 14.1 Å². The van der Waals surface area contributed by atoms with Gasteiger partial charge < -0.3 is 15.3 Å². The van der Waals surface area contributed by atoms with Gasteiger partial charge in [0.05, 0.1) is 18.7 Å². The topological polar surface area (TPSA) is 72.9 Å². The second-order valence-electron chi connectivity index (χ2n) is 4.37. The Balaban J connectivity index is 2.59. The first-order valence-corrected chi connectivity index (χ1v) is 4.77. The summed E-state index contributed by atoms with van der Waals surface area (Å²) in [4.78, 5) is 25.3. The molecule has 1 fully saturated rings. The van der Waals surface area contributed by atoms with Crippen LogP contribution in [0.4, 0.5) is 4.79 Å². The molecule has 1 unspecified atom stereocenters. The van der Waals surface area contributed by atoms with Crippen LogP contribution in [-0.4, -0.2) is 66.2 Å². The van der Waals surface area contributed by atoms with E-state index < -0.39 is 11.6 Å². The molecule has 3 amide bonds. The van der Waals surface area contributed by atoms with Crippen LogP contribution in [0.3, 0.4) is 0 Å². The number of urea groups is 1. The molecule has 0 bridgehead atoms. The Hall–Kier alpha value is -1.14. The zero-order chi connectivity index (χ0) is 11.6. The van der Waals surface area contributed by atoms with Crippen LogP contribution in [-0.2, 0) is 4.79 Å². The fraction of sp³-hybridized carbons (Fsp3) is 0.778. The molecule has 0 radical (unpaired) electrons.